The van der Waals surface area contributed by atoms with E-state index in [2.05, 4.69) is 34.2 Å². The summed E-state index contributed by atoms with van der Waals surface area (Å²) in [6, 6.07) is 6.66. The molecule has 2 aromatic heterocycles. The number of benzene rings is 1. The highest BCUT2D eigenvalue weighted by Gasteiger charge is 2.13. The van der Waals surface area contributed by atoms with Crippen molar-refractivity contribution in [2.24, 2.45) is 18.1 Å². The zero-order valence-corrected chi connectivity index (χ0v) is 16.9. The van der Waals surface area contributed by atoms with Crippen molar-refractivity contribution in [1.29, 1.82) is 0 Å². The van der Waals surface area contributed by atoms with Gasteiger partial charge in [-0.15, -0.1) is 0 Å². The molecule has 0 saturated carbocycles. The van der Waals surface area contributed by atoms with Crippen LogP contribution in [0.25, 0.3) is 11.0 Å². The Bertz CT molecular complexity index is 1060. The number of hydrogen-bond acceptors (Lipinski definition) is 7. The summed E-state index contributed by atoms with van der Waals surface area (Å²) in [4.78, 5) is 8.98. The van der Waals surface area contributed by atoms with Gasteiger partial charge in [0.15, 0.2) is 5.65 Å². The van der Waals surface area contributed by atoms with Gasteiger partial charge in [-0.25, -0.2) is 13.6 Å². The molecule has 0 unspecified atom stereocenters. The number of aromatic nitrogens is 4. The highest BCUT2D eigenvalue weighted by atomic mass is 32.2. The second-order valence-corrected chi connectivity index (χ2v) is 8.50. The molecule has 3 N–H and O–H groups in total. The first-order valence-electron chi connectivity index (χ1n) is 8.92. The average molecular weight is 404 g/mol. The van der Waals surface area contributed by atoms with E-state index in [-0.39, 0.29) is 4.90 Å². The highest BCUT2D eigenvalue weighted by Crippen LogP contribution is 2.23. The van der Waals surface area contributed by atoms with Gasteiger partial charge in [0.25, 0.3) is 0 Å². The fraction of sp³-hybridized carbons (Fsp3) is 0.389. The molecule has 28 heavy (non-hydrogen) atoms. The fourth-order valence-electron chi connectivity index (χ4n) is 2.57. The summed E-state index contributed by atoms with van der Waals surface area (Å²) in [6.07, 6.45) is 2.60. The van der Waals surface area contributed by atoms with E-state index >= 15 is 0 Å². The molecule has 0 aliphatic heterocycles. The van der Waals surface area contributed by atoms with E-state index in [1.165, 1.54) is 12.1 Å². The number of primary sulfonamides is 1. The third-order valence-electron chi connectivity index (χ3n) is 4.21. The Labute approximate surface area is 164 Å². The van der Waals surface area contributed by atoms with E-state index in [9.17, 15) is 8.42 Å². The standard InChI is InChI=1S/C18H24N6O3S/c1-12(2)8-9-27-18-22-16(15-11-21-24(3)17(15)23-18)20-10-13-4-6-14(7-5-13)28(19,25)26/h4-7,11-12H,8-10H2,1-3H3,(H2,19,25,26)(H,20,22,23). The van der Waals surface area contributed by atoms with E-state index < -0.39 is 10.0 Å². The SMILES string of the molecule is CC(C)CCOc1nc(NCc2ccc(S(N)(=O)=O)cc2)c2cnn(C)c2n1. The van der Waals surface area contributed by atoms with Crippen LogP contribution in [0.5, 0.6) is 6.01 Å². The van der Waals surface area contributed by atoms with Gasteiger partial charge in [-0.1, -0.05) is 26.0 Å². The van der Waals surface area contributed by atoms with Gasteiger partial charge in [-0.05, 0) is 30.0 Å². The third-order valence-corrected chi connectivity index (χ3v) is 5.14. The molecule has 0 fully saturated rings. The van der Waals surface area contributed by atoms with Crippen molar-refractivity contribution in [2.45, 2.75) is 31.7 Å². The second kappa shape index (κ2) is 8.11. The van der Waals surface area contributed by atoms with E-state index in [1.807, 2.05) is 7.05 Å². The van der Waals surface area contributed by atoms with Crippen molar-refractivity contribution in [3.63, 3.8) is 0 Å². The van der Waals surface area contributed by atoms with Crippen molar-refractivity contribution < 1.29 is 13.2 Å². The minimum absolute atomic E-state index is 0.0776. The van der Waals surface area contributed by atoms with Gasteiger partial charge >= 0.3 is 6.01 Å². The molecule has 9 nitrogen and oxygen atoms in total. The third kappa shape index (κ3) is 4.76. The molecule has 2 heterocycles. The molecular weight excluding hydrogens is 380 g/mol. The van der Waals surface area contributed by atoms with Crippen LogP contribution in [0.1, 0.15) is 25.8 Å². The summed E-state index contributed by atoms with van der Waals surface area (Å²) in [5.74, 6) is 1.13. The van der Waals surface area contributed by atoms with Gasteiger partial charge in [0.1, 0.15) is 5.82 Å². The van der Waals surface area contributed by atoms with Crippen LogP contribution in [0.3, 0.4) is 0 Å². The molecule has 0 aliphatic rings. The van der Waals surface area contributed by atoms with E-state index in [0.29, 0.717) is 36.5 Å². The fourth-order valence-corrected chi connectivity index (χ4v) is 3.09. The minimum atomic E-state index is -3.70. The van der Waals surface area contributed by atoms with Gasteiger partial charge in [-0.2, -0.15) is 15.1 Å². The number of anilines is 1. The molecule has 0 amide bonds. The molecule has 150 valence electrons. The number of ether oxygens (including phenoxy) is 1. The zero-order chi connectivity index (χ0) is 20.3. The maximum atomic E-state index is 11.4. The molecule has 0 saturated heterocycles. The van der Waals surface area contributed by atoms with Gasteiger partial charge in [0.05, 0.1) is 23.1 Å². The quantitative estimate of drug-likeness (QED) is 0.588. The molecular formula is C18H24N6O3S. The number of hydrogen-bond donors (Lipinski definition) is 2. The first kappa shape index (κ1) is 20.0. The lowest BCUT2D eigenvalue weighted by Gasteiger charge is -2.11. The molecule has 1 aromatic carbocycles. The van der Waals surface area contributed by atoms with Crippen LogP contribution in [0.2, 0.25) is 0 Å². The predicted molar refractivity (Wildman–Crippen MR) is 106 cm³/mol. The van der Waals surface area contributed by atoms with E-state index in [1.54, 1.807) is 23.0 Å². The Morgan fingerprint density at radius 3 is 2.57 bits per heavy atom. The maximum absolute atomic E-state index is 11.4. The van der Waals surface area contributed by atoms with Gasteiger partial charge in [-0.3, -0.25) is 4.68 Å². The number of sulfonamides is 1. The number of fused-ring (bicyclic) bond motifs is 1. The molecule has 3 rings (SSSR count). The minimum Gasteiger partial charge on any atom is -0.463 e. The lowest BCUT2D eigenvalue weighted by atomic mass is 10.1. The van der Waals surface area contributed by atoms with Crippen molar-refractivity contribution in [3.05, 3.63) is 36.0 Å². The van der Waals surface area contributed by atoms with Crippen LogP contribution in [0.4, 0.5) is 5.82 Å². The van der Waals surface area contributed by atoms with Gasteiger partial charge in [0, 0.05) is 13.6 Å². The van der Waals surface area contributed by atoms with Crippen molar-refractivity contribution >= 4 is 26.9 Å². The van der Waals surface area contributed by atoms with Crippen LogP contribution in [0, 0.1) is 5.92 Å². The molecule has 10 heteroatoms. The Morgan fingerprint density at radius 1 is 1.21 bits per heavy atom. The normalized spacial score (nSPS) is 11.9. The summed E-state index contributed by atoms with van der Waals surface area (Å²) in [7, 11) is -1.89. The summed E-state index contributed by atoms with van der Waals surface area (Å²) in [5.41, 5.74) is 1.55. The predicted octanol–water partition coefficient (Wildman–Crippen LogP) is 2.05. The monoisotopic (exact) mass is 404 g/mol. The topological polar surface area (TPSA) is 125 Å². The largest absolute Gasteiger partial charge is 0.463 e. The van der Waals surface area contributed by atoms with Crippen LogP contribution < -0.4 is 15.2 Å². The van der Waals surface area contributed by atoms with Crippen LogP contribution >= 0.6 is 0 Å². The van der Waals surface area contributed by atoms with Gasteiger partial charge < -0.3 is 10.1 Å². The number of nitrogens with zero attached hydrogens (tertiary/aromatic N) is 4. The highest BCUT2D eigenvalue weighted by molar-refractivity contribution is 7.89. The van der Waals surface area contributed by atoms with Crippen molar-refractivity contribution in [2.75, 3.05) is 11.9 Å². The van der Waals surface area contributed by atoms with Crippen LogP contribution in [-0.4, -0.2) is 34.8 Å². The summed E-state index contributed by atoms with van der Waals surface area (Å²) in [6.45, 7) is 5.23. The van der Waals surface area contributed by atoms with E-state index in [0.717, 1.165) is 17.4 Å². The molecule has 0 aliphatic carbocycles. The van der Waals surface area contributed by atoms with Gasteiger partial charge in [0.2, 0.25) is 10.0 Å². The van der Waals surface area contributed by atoms with E-state index in [4.69, 9.17) is 9.88 Å². The number of nitrogens with two attached hydrogens (primary N) is 1. The average Bonchev–Trinajstić information content (AvgIpc) is 3.00. The Kier molecular flexibility index (Phi) is 5.80. The molecule has 0 atom stereocenters. The summed E-state index contributed by atoms with van der Waals surface area (Å²) >= 11 is 0. The lowest BCUT2D eigenvalue weighted by molar-refractivity contribution is 0.269. The molecule has 0 bridgehead atoms. The Hall–Kier alpha value is -2.72. The molecule has 3 aromatic rings. The first-order valence-corrected chi connectivity index (χ1v) is 10.5. The Morgan fingerprint density at radius 2 is 1.93 bits per heavy atom. The smallest absolute Gasteiger partial charge is 0.320 e. The summed E-state index contributed by atoms with van der Waals surface area (Å²) in [5, 5.41) is 13.4. The second-order valence-electron chi connectivity index (χ2n) is 6.93. The van der Waals surface area contributed by atoms with Crippen molar-refractivity contribution in [3.8, 4) is 6.01 Å². The van der Waals surface area contributed by atoms with Crippen LogP contribution in [-0.2, 0) is 23.6 Å². The molecule has 0 radical (unpaired) electrons. The maximum Gasteiger partial charge on any atom is 0.320 e. The number of aryl methyl sites for hydroxylation is 1. The lowest BCUT2D eigenvalue weighted by Crippen LogP contribution is -2.12. The number of rotatable bonds is 8. The number of nitrogens with one attached hydrogen (secondary N) is 1. The zero-order valence-electron chi connectivity index (χ0n) is 16.1. The van der Waals surface area contributed by atoms with Crippen LogP contribution in [0.15, 0.2) is 35.4 Å². The molecule has 0 spiro atoms. The first-order chi connectivity index (χ1) is 13.2. The van der Waals surface area contributed by atoms with Crippen molar-refractivity contribution in [1.82, 2.24) is 19.7 Å². The summed E-state index contributed by atoms with van der Waals surface area (Å²) < 4.78 is 30.1. The Balaban J connectivity index is 1.79.